The van der Waals surface area contributed by atoms with Crippen molar-refractivity contribution in [2.75, 3.05) is 13.1 Å². The van der Waals surface area contributed by atoms with Gasteiger partial charge in [0.15, 0.2) is 0 Å². The third-order valence-electron chi connectivity index (χ3n) is 3.81. The molecule has 0 saturated carbocycles. The van der Waals surface area contributed by atoms with Crippen LogP contribution in [-0.4, -0.2) is 30.0 Å². The lowest BCUT2D eigenvalue weighted by molar-refractivity contribution is -0.384. The van der Waals surface area contributed by atoms with Crippen LogP contribution < -0.4 is 10.6 Å². The smallest absolute Gasteiger partial charge is 0.269 e. The number of nitrogens with one attached hydrogen (secondary N) is 2. The number of carbonyl (C=O) groups is 1. The molecule has 1 amide bonds. The number of nitro groups is 1. The van der Waals surface area contributed by atoms with Crippen LogP contribution in [0.2, 0.25) is 0 Å². The molecule has 2 rings (SSSR count). The van der Waals surface area contributed by atoms with Crippen molar-refractivity contribution in [3.8, 4) is 0 Å². The Bertz CT molecular complexity index is 536. The molecule has 2 N–H and O–H groups in total. The Morgan fingerprint density at radius 1 is 1.48 bits per heavy atom. The third kappa shape index (κ3) is 4.15. The molecule has 1 heterocycles. The van der Waals surface area contributed by atoms with E-state index in [4.69, 9.17) is 0 Å². The highest BCUT2D eigenvalue weighted by Crippen LogP contribution is 2.18. The lowest BCUT2D eigenvalue weighted by atomic mass is 9.94. The van der Waals surface area contributed by atoms with Gasteiger partial charge in [-0.2, -0.15) is 0 Å². The predicted molar refractivity (Wildman–Crippen MR) is 83.0 cm³/mol. The van der Waals surface area contributed by atoms with Crippen molar-refractivity contribution < 1.29 is 9.72 Å². The fourth-order valence-corrected chi connectivity index (χ4v) is 2.45. The van der Waals surface area contributed by atoms with Gasteiger partial charge in [0.25, 0.3) is 11.6 Å². The number of aryl methyl sites for hydroxylation is 1. The van der Waals surface area contributed by atoms with E-state index in [1.165, 1.54) is 18.2 Å². The number of nitro benzene ring substituents is 1. The SMILES string of the molecule is Cc1cc([N+](=O)[O-])ccc1C(=O)NC1CNCCC1C.Cl. The molecule has 2 atom stereocenters. The molecule has 21 heavy (non-hydrogen) atoms. The van der Waals surface area contributed by atoms with E-state index >= 15 is 0 Å². The molecule has 1 aliphatic rings. The van der Waals surface area contributed by atoms with Gasteiger partial charge in [-0.05, 0) is 37.4 Å². The van der Waals surface area contributed by atoms with Crippen molar-refractivity contribution in [2.24, 2.45) is 5.92 Å². The highest BCUT2D eigenvalue weighted by molar-refractivity contribution is 5.96. The van der Waals surface area contributed by atoms with E-state index in [0.717, 1.165) is 19.5 Å². The van der Waals surface area contributed by atoms with Gasteiger partial charge in [-0.25, -0.2) is 0 Å². The van der Waals surface area contributed by atoms with Crippen LogP contribution in [0.5, 0.6) is 0 Å². The normalized spacial score (nSPS) is 21.2. The zero-order chi connectivity index (χ0) is 14.7. The summed E-state index contributed by atoms with van der Waals surface area (Å²) < 4.78 is 0. The number of rotatable bonds is 3. The first-order valence-corrected chi connectivity index (χ1v) is 6.75. The van der Waals surface area contributed by atoms with E-state index in [9.17, 15) is 14.9 Å². The average Bonchev–Trinajstić information content (AvgIpc) is 2.41. The fraction of sp³-hybridized carbons (Fsp3) is 0.500. The Morgan fingerprint density at radius 3 is 2.76 bits per heavy atom. The zero-order valence-electron chi connectivity index (χ0n) is 12.1. The number of amides is 1. The lowest BCUT2D eigenvalue weighted by Crippen LogP contribution is -2.50. The van der Waals surface area contributed by atoms with E-state index < -0.39 is 4.92 Å². The molecule has 0 radical (unpaired) electrons. The standard InChI is InChI=1S/C14H19N3O3.ClH/c1-9-5-6-15-8-13(9)16-14(18)12-4-3-11(17(19)20)7-10(12)2;/h3-4,7,9,13,15H,5-6,8H2,1-2H3,(H,16,18);1H. The quantitative estimate of drug-likeness (QED) is 0.661. The minimum atomic E-state index is -0.457. The van der Waals surface area contributed by atoms with Crippen molar-refractivity contribution in [2.45, 2.75) is 26.3 Å². The molecule has 116 valence electrons. The highest BCUT2D eigenvalue weighted by Gasteiger charge is 2.24. The summed E-state index contributed by atoms with van der Waals surface area (Å²) in [7, 11) is 0. The molecule has 7 heteroatoms. The van der Waals surface area contributed by atoms with E-state index in [0.29, 0.717) is 17.0 Å². The Morgan fingerprint density at radius 2 is 2.19 bits per heavy atom. The third-order valence-corrected chi connectivity index (χ3v) is 3.81. The molecule has 1 aromatic carbocycles. The van der Waals surface area contributed by atoms with Gasteiger partial charge in [0, 0.05) is 30.3 Å². The van der Waals surface area contributed by atoms with Crippen LogP contribution in [-0.2, 0) is 0 Å². The maximum atomic E-state index is 12.3. The summed E-state index contributed by atoms with van der Waals surface area (Å²) in [5, 5.41) is 17.0. The number of non-ortho nitro benzene ring substituents is 1. The van der Waals surface area contributed by atoms with Gasteiger partial charge in [0.2, 0.25) is 0 Å². The summed E-state index contributed by atoms with van der Waals surface area (Å²) in [6.45, 7) is 5.57. The van der Waals surface area contributed by atoms with Gasteiger partial charge in [0.05, 0.1) is 4.92 Å². The van der Waals surface area contributed by atoms with Gasteiger partial charge >= 0.3 is 0 Å². The van der Waals surface area contributed by atoms with Crippen LogP contribution >= 0.6 is 12.4 Å². The maximum absolute atomic E-state index is 12.3. The van der Waals surface area contributed by atoms with Crippen molar-refractivity contribution in [3.63, 3.8) is 0 Å². The number of nitrogens with zero attached hydrogens (tertiary/aromatic N) is 1. The molecule has 0 aliphatic carbocycles. The molecule has 1 saturated heterocycles. The van der Waals surface area contributed by atoms with Gasteiger partial charge in [-0.15, -0.1) is 12.4 Å². The second kappa shape index (κ2) is 7.38. The molecule has 0 spiro atoms. The molecule has 0 bridgehead atoms. The van der Waals surface area contributed by atoms with Crippen LogP contribution in [0.25, 0.3) is 0 Å². The summed E-state index contributed by atoms with van der Waals surface area (Å²) in [5.41, 5.74) is 1.12. The largest absolute Gasteiger partial charge is 0.348 e. The Labute approximate surface area is 129 Å². The summed E-state index contributed by atoms with van der Waals surface area (Å²) in [5.74, 6) is 0.261. The Hall–Kier alpha value is -1.66. The minimum absolute atomic E-state index is 0. The molecule has 6 nitrogen and oxygen atoms in total. The number of halogens is 1. The number of hydrogen-bond donors (Lipinski definition) is 2. The minimum Gasteiger partial charge on any atom is -0.348 e. The van der Waals surface area contributed by atoms with Crippen LogP contribution in [0, 0.1) is 23.0 Å². The number of carbonyl (C=O) groups excluding carboxylic acids is 1. The van der Waals surface area contributed by atoms with Crippen molar-refractivity contribution in [3.05, 3.63) is 39.4 Å². The molecule has 1 aliphatic heterocycles. The average molecular weight is 314 g/mol. The first-order chi connectivity index (χ1) is 9.49. The topological polar surface area (TPSA) is 84.3 Å². The zero-order valence-corrected chi connectivity index (χ0v) is 12.9. The Kier molecular flexibility index (Phi) is 6.11. The van der Waals surface area contributed by atoms with Gasteiger partial charge in [-0.3, -0.25) is 14.9 Å². The molecular weight excluding hydrogens is 294 g/mol. The second-order valence-electron chi connectivity index (χ2n) is 5.31. The summed E-state index contributed by atoms with van der Waals surface area (Å²) in [6.07, 6.45) is 1.03. The van der Waals surface area contributed by atoms with Gasteiger partial charge in [-0.1, -0.05) is 6.92 Å². The summed E-state index contributed by atoms with van der Waals surface area (Å²) in [6, 6.07) is 4.41. The van der Waals surface area contributed by atoms with Gasteiger partial charge < -0.3 is 10.6 Å². The number of piperidine rings is 1. The van der Waals surface area contributed by atoms with Gasteiger partial charge in [0.1, 0.15) is 0 Å². The van der Waals surface area contributed by atoms with Crippen LogP contribution in [0.15, 0.2) is 18.2 Å². The second-order valence-corrected chi connectivity index (χ2v) is 5.31. The van der Waals surface area contributed by atoms with Crippen molar-refractivity contribution >= 4 is 24.0 Å². The highest BCUT2D eigenvalue weighted by atomic mass is 35.5. The molecule has 1 fully saturated rings. The summed E-state index contributed by atoms with van der Waals surface area (Å²) in [4.78, 5) is 22.5. The first kappa shape index (κ1) is 17.4. The lowest BCUT2D eigenvalue weighted by Gasteiger charge is -2.30. The number of hydrogen-bond acceptors (Lipinski definition) is 4. The van der Waals surface area contributed by atoms with Crippen molar-refractivity contribution in [1.29, 1.82) is 0 Å². The molecule has 0 aromatic heterocycles. The van der Waals surface area contributed by atoms with E-state index in [-0.39, 0.29) is 30.0 Å². The number of benzene rings is 1. The monoisotopic (exact) mass is 313 g/mol. The molecular formula is C14H20ClN3O3. The van der Waals surface area contributed by atoms with Crippen LogP contribution in [0.3, 0.4) is 0 Å². The summed E-state index contributed by atoms with van der Waals surface area (Å²) >= 11 is 0. The fourth-order valence-electron chi connectivity index (χ4n) is 2.45. The van der Waals surface area contributed by atoms with Crippen molar-refractivity contribution in [1.82, 2.24) is 10.6 Å². The van der Waals surface area contributed by atoms with E-state index in [2.05, 4.69) is 17.6 Å². The first-order valence-electron chi connectivity index (χ1n) is 6.75. The maximum Gasteiger partial charge on any atom is 0.269 e. The van der Waals surface area contributed by atoms with Crippen LogP contribution in [0.4, 0.5) is 5.69 Å². The Balaban J connectivity index is 0.00000220. The molecule has 1 aromatic rings. The van der Waals surface area contributed by atoms with E-state index in [1.54, 1.807) is 6.92 Å². The van der Waals surface area contributed by atoms with Crippen LogP contribution in [0.1, 0.15) is 29.3 Å². The molecule has 2 unspecified atom stereocenters. The predicted octanol–water partition coefficient (Wildman–Crippen LogP) is 2.05. The van der Waals surface area contributed by atoms with E-state index in [1.807, 2.05) is 0 Å².